The Morgan fingerprint density at radius 2 is 2.36 bits per heavy atom. The fraction of sp³-hybridized carbons (Fsp3) is 0.700. The number of imidazole rings is 1. The van der Waals surface area contributed by atoms with Crippen molar-refractivity contribution in [2.24, 2.45) is 0 Å². The molecule has 0 atom stereocenters. The highest BCUT2D eigenvalue weighted by atomic mass is 16.5. The molecule has 80 valence electrons. The van der Waals surface area contributed by atoms with E-state index < -0.39 is 0 Å². The van der Waals surface area contributed by atoms with Crippen LogP contribution in [0.25, 0.3) is 0 Å². The van der Waals surface area contributed by atoms with Crippen molar-refractivity contribution in [2.45, 2.75) is 19.9 Å². The van der Waals surface area contributed by atoms with E-state index in [0.29, 0.717) is 0 Å². The van der Waals surface area contributed by atoms with Gasteiger partial charge in [0.15, 0.2) is 0 Å². The average Bonchev–Trinajstić information content (AvgIpc) is 2.69. The molecule has 0 aliphatic carbocycles. The lowest BCUT2D eigenvalue weighted by Crippen LogP contribution is -2.21. The van der Waals surface area contributed by atoms with Crippen LogP contribution in [0.3, 0.4) is 0 Å². The van der Waals surface area contributed by atoms with E-state index in [1.807, 2.05) is 19.4 Å². The van der Waals surface area contributed by atoms with Crippen molar-refractivity contribution in [2.75, 3.05) is 26.3 Å². The molecule has 0 bridgehead atoms. The Bertz CT molecular complexity index is 211. The molecule has 4 nitrogen and oxygen atoms in total. The highest BCUT2D eigenvalue weighted by Crippen LogP contribution is 1.84. The van der Waals surface area contributed by atoms with E-state index >= 15 is 0 Å². The summed E-state index contributed by atoms with van der Waals surface area (Å²) >= 11 is 0. The van der Waals surface area contributed by atoms with Crippen molar-refractivity contribution in [3.05, 3.63) is 18.7 Å². The molecule has 1 N–H and O–H groups in total. The number of ether oxygens (including phenoxy) is 1. The number of aromatic nitrogens is 2. The minimum Gasteiger partial charge on any atom is -0.382 e. The summed E-state index contributed by atoms with van der Waals surface area (Å²) < 4.78 is 7.30. The molecule has 0 saturated carbocycles. The molecule has 0 unspecified atom stereocenters. The second-order valence-electron chi connectivity index (χ2n) is 3.10. The molecule has 4 heteroatoms. The first-order valence-electron chi connectivity index (χ1n) is 5.17. The van der Waals surface area contributed by atoms with Gasteiger partial charge >= 0.3 is 0 Å². The van der Waals surface area contributed by atoms with Gasteiger partial charge in [0.05, 0.1) is 6.33 Å². The van der Waals surface area contributed by atoms with Gasteiger partial charge in [0.1, 0.15) is 0 Å². The molecule has 0 spiro atoms. The maximum atomic E-state index is 5.23. The maximum absolute atomic E-state index is 5.23. The lowest BCUT2D eigenvalue weighted by Gasteiger charge is -2.05. The van der Waals surface area contributed by atoms with E-state index in [9.17, 15) is 0 Å². The monoisotopic (exact) mass is 197 g/mol. The Kier molecular flexibility index (Phi) is 6.02. The second-order valence-corrected chi connectivity index (χ2v) is 3.10. The Labute approximate surface area is 85.3 Å². The largest absolute Gasteiger partial charge is 0.382 e. The van der Waals surface area contributed by atoms with Crippen molar-refractivity contribution in [1.29, 1.82) is 0 Å². The third-order valence-electron chi connectivity index (χ3n) is 1.95. The van der Waals surface area contributed by atoms with Gasteiger partial charge < -0.3 is 14.6 Å². The van der Waals surface area contributed by atoms with Gasteiger partial charge in [-0.1, -0.05) is 0 Å². The van der Waals surface area contributed by atoms with Crippen LogP contribution in [-0.2, 0) is 11.3 Å². The fourth-order valence-electron chi connectivity index (χ4n) is 1.20. The van der Waals surface area contributed by atoms with Crippen LogP contribution in [0, 0.1) is 0 Å². The van der Waals surface area contributed by atoms with Crippen LogP contribution in [0.1, 0.15) is 13.3 Å². The summed E-state index contributed by atoms with van der Waals surface area (Å²) in [5, 5.41) is 3.35. The Hall–Kier alpha value is -0.870. The predicted octanol–water partition coefficient (Wildman–Crippen LogP) is 0.899. The quantitative estimate of drug-likeness (QED) is 0.629. The molecule has 1 rings (SSSR count). The van der Waals surface area contributed by atoms with E-state index in [1.165, 1.54) is 0 Å². The van der Waals surface area contributed by atoms with Crippen molar-refractivity contribution >= 4 is 0 Å². The summed E-state index contributed by atoms with van der Waals surface area (Å²) in [7, 11) is 0. The topological polar surface area (TPSA) is 39.1 Å². The fourth-order valence-corrected chi connectivity index (χ4v) is 1.20. The highest BCUT2D eigenvalue weighted by Gasteiger charge is 1.90. The molecule has 1 aromatic rings. The summed E-state index contributed by atoms with van der Waals surface area (Å²) in [6.45, 7) is 6.68. The van der Waals surface area contributed by atoms with Gasteiger partial charge in [-0.25, -0.2) is 4.98 Å². The van der Waals surface area contributed by atoms with Gasteiger partial charge in [-0.2, -0.15) is 0 Å². The first-order chi connectivity index (χ1) is 6.93. The number of nitrogens with one attached hydrogen (secondary N) is 1. The summed E-state index contributed by atoms with van der Waals surface area (Å²) in [5.41, 5.74) is 0. The van der Waals surface area contributed by atoms with Crippen LogP contribution in [0.15, 0.2) is 18.7 Å². The third kappa shape index (κ3) is 4.99. The molecule has 0 amide bonds. The summed E-state index contributed by atoms with van der Waals surface area (Å²) in [4.78, 5) is 3.98. The highest BCUT2D eigenvalue weighted by molar-refractivity contribution is 4.73. The van der Waals surface area contributed by atoms with Gasteiger partial charge in [-0.05, 0) is 19.9 Å². The Morgan fingerprint density at radius 1 is 1.43 bits per heavy atom. The van der Waals surface area contributed by atoms with Crippen LogP contribution >= 0.6 is 0 Å². The molecule has 1 aromatic heterocycles. The third-order valence-corrected chi connectivity index (χ3v) is 1.95. The first kappa shape index (κ1) is 11.2. The minimum atomic E-state index is 0.815. The molecular weight excluding hydrogens is 178 g/mol. The lowest BCUT2D eigenvalue weighted by molar-refractivity contribution is 0.145. The number of rotatable bonds is 8. The van der Waals surface area contributed by atoms with Crippen LogP contribution in [-0.4, -0.2) is 35.9 Å². The molecule has 0 aliphatic rings. The van der Waals surface area contributed by atoms with E-state index in [-0.39, 0.29) is 0 Å². The zero-order valence-corrected chi connectivity index (χ0v) is 8.78. The van der Waals surface area contributed by atoms with Crippen molar-refractivity contribution in [3.8, 4) is 0 Å². The van der Waals surface area contributed by atoms with Gasteiger partial charge in [0.25, 0.3) is 0 Å². The normalized spacial score (nSPS) is 10.6. The molecule has 14 heavy (non-hydrogen) atoms. The smallest absolute Gasteiger partial charge is 0.0946 e. The van der Waals surface area contributed by atoms with Gasteiger partial charge in [0.2, 0.25) is 0 Å². The number of nitrogens with zero attached hydrogens (tertiary/aromatic N) is 2. The van der Waals surface area contributed by atoms with E-state index in [4.69, 9.17) is 4.74 Å². The minimum absolute atomic E-state index is 0.815. The van der Waals surface area contributed by atoms with E-state index in [0.717, 1.165) is 39.3 Å². The lowest BCUT2D eigenvalue weighted by atomic mass is 10.4. The molecule has 1 heterocycles. The van der Waals surface area contributed by atoms with Gasteiger partial charge in [0, 0.05) is 38.7 Å². The SMILES string of the molecule is CCOCCCNCCn1ccnc1. The van der Waals surface area contributed by atoms with E-state index in [1.54, 1.807) is 6.20 Å². The Balaban J connectivity index is 1.85. The average molecular weight is 197 g/mol. The standard InChI is InChI=1S/C10H19N3O/c1-2-14-9-3-4-11-5-7-13-8-6-12-10-13/h6,8,10-11H,2-5,7,9H2,1H3. The van der Waals surface area contributed by atoms with E-state index in [2.05, 4.69) is 14.9 Å². The first-order valence-corrected chi connectivity index (χ1v) is 5.17. The predicted molar refractivity (Wildman–Crippen MR) is 56.2 cm³/mol. The molecule has 0 fully saturated rings. The van der Waals surface area contributed by atoms with Crippen LogP contribution < -0.4 is 5.32 Å². The van der Waals surface area contributed by atoms with Crippen LogP contribution in [0.2, 0.25) is 0 Å². The van der Waals surface area contributed by atoms with Gasteiger partial charge in [-0.3, -0.25) is 0 Å². The summed E-state index contributed by atoms with van der Waals surface area (Å²) in [5.74, 6) is 0. The van der Waals surface area contributed by atoms with Crippen LogP contribution in [0.4, 0.5) is 0 Å². The zero-order chi connectivity index (χ0) is 10.1. The van der Waals surface area contributed by atoms with Crippen LogP contribution in [0.5, 0.6) is 0 Å². The molecule has 0 aromatic carbocycles. The molecule has 0 radical (unpaired) electrons. The summed E-state index contributed by atoms with van der Waals surface area (Å²) in [6, 6.07) is 0. The summed E-state index contributed by atoms with van der Waals surface area (Å²) in [6.07, 6.45) is 6.69. The number of hydrogen-bond acceptors (Lipinski definition) is 3. The zero-order valence-electron chi connectivity index (χ0n) is 8.78. The van der Waals surface area contributed by atoms with Gasteiger partial charge in [-0.15, -0.1) is 0 Å². The second kappa shape index (κ2) is 7.53. The molecular formula is C10H19N3O. The van der Waals surface area contributed by atoms with Crippen molar-refractivity contribution in [3.63, 3.8) is 0 Å². The van der Waals surface area contributed by atoms with Crippen molar-refractivity contribution < 1.29 is 4.74 Å². The van der Waals surface area contributed by atoms with Crippen molar-refractivity contribution in [1.82, 2.24) is 14.9 Å². The number of hydrogen-bond donors (Lipinski definition) is 1. The molecule has 0 aliphatic heterocycles. The Morgan fingerprint density at radius 3 is 3.07 bits per heavy atom. The molecule has 0 saturated heterocycles. The maximum Gasteiger partial charge on any atom is 0.0946 e.